The number of likely N-dealkylation sites (tertiary alicyclic amines) is 1. The number of rotatable bonds is 6. The van der Waals surface area contributed by atoms with Crippen molar-refractivity contribution in [2.24, 2.45) is 0 Å². The van der Waals surface area contributed by atoms with Crippen LogP contribution in [0, 0.1) is 6.92 Å². The van der Waals surface area contributed by atoms with E-state index in [0.717, 1.165) is 64.6 Å². The maximum absolute atomic E-state index is 11.2. The SMILES string of the molecule is Cc1cc(N2CCOCC2)ccc1CN1CCC(O)(Cn2ccnc2C(C)C)CC1. The number of morpholine rings is 1. The second-order valence-corrected chi connectivity index (χ2v) is 9.28. The number of aliphatic hydroxyl groups is 1. The van der Waals surface area contributed by atoms with Crippen LogP contribution in [0.3, 0.4) is 0 Å². The van der Waals surface area contributed by atoms with Gasteiger partial charge in [0.05, 0.1) is 25.4 Å². The topological polar surface area (TPSA) is 53.8 Å². The van der Waals surface area contributed by atoms with Gasteiger partial charge in [-0.1, -0.05) is 19.9 Å². The number of anilines is 1. The number of aryl methyl sites for hydroxylation is 1. The Bertz CT molecular complexity index is 833. The first kappa shape index (κ1) is 21.3. The summed E-state index contributed by atoms with van der Waals surface area (Å²) in [5.41, 5.74) is 3.39. The molecule has 164 valence electrons. The van der Waals surface area contributed by atoms with Gasteiger partial charge < -0.3 is 19.3 Å². The average Bonchev–Trinajstić information content (AvgIpc) is 3.20. The van der Waals surface area contributed by atoms with Crippen LogP contribution in [0.25, 0.3) is 0 Å². The Hall–Kier alpha value is -1.89. The number of piperidine rings is 1. The maximum Gasteiger partial charge on any atom is 0.111 e. The first-order valence-corrected chi connectivity index (χ1v) is 11.3. The van der Waals surface area contributed by atoms with Crippen LogP contribution in [0.1, 0.15) is 49.6 Å². The van der Waals surface area contributed by atoms with Gasteiger partial charge in [0.2, 0.25) is 0 Å². The van der Waals surface area contributed by atoms with E-state index in [9.17, 15) is 5.11 Å². The zero-order valence-electron chi connectivity index (χ0n) is 18.7. The Labute approximate surface area is 180 Å². The maximum atomic E-state index is 11.2. The lowest BCUT2D eigenvalue weighted by Gasteiger charge is -2.39. The molecule has 6 nitrogen and oxygen atoms in total. The molecule has 4 rings (SSSR count). The van der Waals surface area contributed by atoms with Crippen molar-refractivity contribution in [1.29, 1.82) is 0 Å². The standard InChI is InChI=1S/C24H36N4O2/c1-19(2)23-25-8-11-28(23)18-24(29)6-9-26(10-7-24)17-21-4-5-22(16-20(21)3)27-12-14-30-15-13-27/h4-5,8,11,16,19,29H,6-7,9-10,12-15,17-18H2,1-3H3. The predicted molar refractivity (Wildman–Crippen MR) is 120 cm³/mol. The van der Waals surface area contributed by atoms with Crippen LogP contribution in [-0.4, -0.2) is 64.6 Å². The Morgan fingerprint density at radius 1 is 1.13 bits per heavy atom. The van der Waals surface area contributed by atoms with Crippen LogP contribution >= 0.6 is 0 Å². The van der Waals surface area contributed by atoms with Gasteiger partial charge in [0.25, 0.3) is 0 Å². The lowest BCUT2D eigenvalue weighted by Crippen LogP contribution is -2.46. The molecule has 2 aliphatic heterocycles. The van der Waals surface area contributed by atoms with Gasteiger partial charge in [-0.05, 0) is 43.0 Å². The van der Waals surface area contributed by atoms with Crippen molar-refractivity contribution in [2.45, 2.75) is 58.2 Å². The van der Waals surface area contributed by atoms with E-state index in [4.69, 9.17) is 4.74 Å². The highest BCUT2D eigenvalue weighted by Gasteiger charge is 2.33. The Balaban J connectivity index is 1.33. The van der Waals surface area contributed by atoms with Crippen LogP contribution in [0.4, 0.5) is 5.69 Å². The van der Waals surface area contributed by atoms with E-state index in [2.05, 4.69) is 58.3 Å². The van der Waals surface area contributed by atoms with E-state index in [1.54, 1.807) is 0 Å². The highest BCUT2D eigenvalue weighted by molar-refractivity contribution is 5.51. The summed E-state index contributed by atoms with van der Waals surface area (Å²) in [6, 6.07) is 6.84. The molecule has 0 bridgehead atoms. The molecule has 2 aromatic rings. The summed E-state index contributed by atoms with van der Waals surface area (Å²) in [5, 5.41) is 11.2. The van der Waals surface area contributed by atoms with Gasteiger partial charge in [0.15, 0.2) is 0 Å². The molecule has 3 heterocycles. The number of benzene rings is 1. The quantitative estimate of drug-likeness (QED) is 0.790. The highest BCUT2D eigenvalue weighted by atomic mass is 16.5. The molecule has 1 aromatic heterocycles. The van der Waals surface area contributed by atoms with Gasteiger partial charge in [0.1, 0.15) is 5.82 Å². The number of nitrogens with zero attached hydrogens (tertiary/aromatic N) is 4. The minimum Gasteiger partial charge on any atom is -0.388 e. The molecule has 0 saturated carbocycles. The van der Waals surface area contributed by atoms with Gasteiger partial charge in [0, 0.05) is 56.7 Å². The number of hydrogen-bond donors (Lipinski definition) is 1. The lowest BCUT2D eigenvalue weighted by molar-refractivity contribution is -0.0363. The van der Waals surface area contributed by atoms with Crippen molar-refractivity contribution in [3.8, 4) is 0 Å². The third-order valence-corrected chi connectivity index (χ3v) is 6.61. The molecule has 30 heavy (non-hydrogen) atoms. The fraction of sp³-hybridized carbons (Fsp3) is 0.625. The first-order valence-electron chi connectivity index (χ1n) is 11.3. The largest absolute Gasteiger partial charge is 0.388 e. The minimum atomic E-state index is -0.643. The number of hydrogen-bond acceptors (Lipinski definition) is 5. The molecule has 0 aliphatic carbocycles. The van der Waals surface area contributed by atoms with Crippen molar-refractivity contribution in [3.63, 3.8) is 0 Å². The van der Waals surface area contributed by atoms with Crippen LogP contribution < -0.4 is 4.90 Å². The van der Waals surface area contributed by atoms with Crippen LogP contribution in [0.2, 0.25) is 0 Å². The number of aromatic nitrogens is 2. The minimum absolute atomic E-state index is 0.368. The molecular formula is C24H36N4O2. The summed E-state index contributed by atoms with van der Waals surface area (Å²) in [7, 11) is 0. The van der Waals surface area contributed by atoms with Gasteiger partial charge in [-0.2, -0.15) is 0 Å². The molecule has 2 saturated heterocycles. The summed E-state index contributed by atoms with van der Waals surface area (Å²) in [6.45, 7) is 13.5. The van der Waals surface area contributed by atoms with Crippen molar-refractivity contribution in [2.75, 3.05) is 44.3 Å². The second kappa shape index (κ2) is 9.08. The van der Waals surface area contributed by atoms with Crippen LogP contribution in [0.5, 0.6) is 0 Å². The van der Waals surface area contributed by atoms with E-state index in [1.807, 2.05) is 12.4 Å². The van der Waals surface area contributed by atoms with Crippen molar-refractivity contribution in [3.05, 3.63) is 47.5 Å². The molecule has 0 unspecified atom stereocenters. The summed E-state index contributed by atoms with van der Waals surface area (Å²) < 4.78 is 7.60. The fourth-order valence-corrected chi connectivity index (χ4v) is 4.67. The molecule has 2 fully saturated rings. The normalized spacial score (nSPS) is 20.1. The predicted octanol–water partition coefficient (Wildman–Crippen LogP) is 3.18. The first-order chi connectivity index (χ1) is 14.4. The van der Waals surface area contributed by atoms with E-state index < -0.39 is 5.60 Å². The van der Waals surface area contributed by atoms with E-state index in [1.165, 1.54) is 16.8 Å². The Kier molecular flexibility index (Phi) is 6.46. The molecular weight excluding hydrogens is 376 g/mol. The van der Waals surface area contributed by atoms with Gasteiger partial charge in [-0.3, -0.25) is 4.90 Å². The van der Waals surface area contributed by atoms with E-state index >= 15 is 0 Å². The number of imidazole rings is 1. The molecule has 6 heteroatoms. The molecule has 0 amide bonds. The Morgan fingerprint density at radius 2 is 1.87 bits per heavy atom. The summed E-state index contributed by atoms with van der Waals surface area (Å²) in [5.74, 6) is 1.42. The third-order valence-electron chi connectivity index (χ3n) is 6.61. The lowest BCUT2D eigenvalue weighted by atomic mass is 9.90. The summed E-state index contributed by atoms with van der Waals surface area (Å²) >= 11 is 0. The van der Waals surface area contributed by atoms with Crippen molar-refractivity contribution in [1.82, 2.24) is 14.5 Å². The van der Waals surface area contributed by atoms with Crippen LogP contribution in [0.15, 0.2) is 30.6 Å². The third kappa shape index (κ3) is 4.88. The molecule has 0 radical (unpaired) electrons. The zero-order chi connectivity index (χ0) is 21.1. The van der Waals surface area contributed by atoms with Crippen LogP contribution in [-0.2, 0) is 17.8 Å². The molecule has 0 spiro atoms. The monoisotopic (exact) mass is 412 g/mol. The highest BCUT2D eigenvalue weighted by Crippen LogP contribution is 2.28. The average molecular weight is 413 g/mol. The van der Waals surface area contributed by atoms with Crippen molar-refractivity contribution >= 4 is 5.69 Å². The summed E-state index contributed by atoms with van der Waals surface area (Å²) in [6.07, 6.45) is 5.44. The molecule has 2 aliphatic rings. The smallest absolute Gasteiger partial charge is 0.111 e. The van der Waals surface area contributed by atoms with Gasteiger partial charge >= 0.3 is 0 Å². The molecule has 1 N–H and O–H groups in total. The number of ether oxygens (including phenoxy) is 1. The second-order valence-electron chi connectivity index (χ2n) is 9.28. The van der Waals surface area contributed by atoms with Gasteiger partial charge in [-0.25, -0.2) is 4.98 Å². The Morgan fingerprint density at radius 3 is 2.53 bits per heavy atom. The van der Waals surface area contributed by atoms with Crippen molar-refractivity contribution < 1.29 is 9.84 Å². The van der Waals surface area contributed by atoms with E-state index in [-0.39, 0.29) is 0 Å². The zero-order valence-corrected chi connectivity index (χ0v) is 18.7. The van der Waals surface area contributed by atoms with Gasteiger partial charge in [-0.15, -0.1) is 0 Å². The summed E-state index contributed by atoms with van der Waals surface area (Å²) in [4.78, 5) is 9.34. The van der Waals surface area contributed by atoms with E-state index in [0.29, 0.717) is 12.5 Å². The fourth-order valence-electron chi connectivity index (χ4n) is 4.67. The molecule has 1 aromatic carbocycles. The molecule has 0 atom stereocenters.